The lowest BCUT2D eigenvalue weighted by atomic mass is 9.75. The van der Waals surface area contributed by atoms with Crippen molar-refractivity contribution in [2.24, 2.45) is 5.41 Å². The Kier molecular flexibility index (Phi) is 4.17. The molecule has 0 spiro atoms. The highest BCUT2D eigenvalue weighted by Crippen LogP contribution is 2.54. The maximum Gasteiger partial charge on any atom is 0.411 e. The Labute approximate surface area is 155 Å². The molecule has 2 aliphatic rings. The second-order valence-corrected chi connectivity index (χ2v) is 8.39. The molecule has 1 aromatic rings. The molecule has 0 N–H and O–H groups in total. The Morgan fingerprint density at radius 1 is 1.35 bits per heavy atom. The molecule has 1 saturated heterocycles. The predicted molar refractivity (Wildman–Crippen MR) is 98.7 cm³/mol. The van der Waals surface area contributed by atoms with Gasteiger partial charge in [-0.15, -0.1) is 0 Å². The Bertz CT molecular complexity index is 780. The van der Waals surface area contributed by atoms with E-state index in [4.69, 9.17) is 9.47 Å². The highest BCUT2D eigenvalue weighted by molar-refractivity contribution is 5.85. The fourth-order valence-corrected chi connectivity index (χ4v) is 4.31. The fourth-order valence-electron chi connectivity index (χ4n) is 4.31. The molecule has 5 heteroatoms. The van der Waals surface area contributed by atoms with Gasteiger partial charge in [0.2, 0.25) is 0 Å². The van der Waals surface area contributed by atoms with Crippen molar-refractivity contribution in [1.29, 1.82) is 0 Å². The summed E-state index contributed by atoms with van der Waals surface area (Å²) in [6.45, 7) is 13.9. The fraction of sp³-hybridized carbons (Fsp3) is 0.524. The Morgan fingerprint density at radius 2 is 1.96 bits per heavy atom. The third-order valence-corrected chi connectivity index (χ3v) is 6.21. The van der Waals surface area contributed by atoms with Gasteiger partial charge in [-0.05, 0) is 18.1 Å². The molecule has 5 nitrogen and oxygen atoms in total. The number of hydrogen-bond donors (Lipinski definition) is 0. The minimum Gasteiger partial charge on any atom is -0.467 e. The number of carbonyl (C=O) groups excluding carboxylic acids is 2. The van der Waals surface area contributed by atoms with Gasteiger partial charge < -0.3 is 9.47 Å². The summed E-state index contributed by atoms with van der Waals surface area (Å²) in [5, 5.41) is 0. The van der Waals surface area contributed by atoms with E-state index in [2.05, 4.69) is 26.5 Å². The summed E-state index contributed by atoms with van der Waals surface area (Å²) >= 11 is 0. The molecule has 0 aromatic heterocycles. The molecule has 26 heavy (non-hydrogen) atoms. The van der Waals surface area contributed by atoms with Crippen molar-refractivity contribution in [3.8, 4) is 0 Å². The second kappa shape index (κ2) is 5.86. The average Bonchev–Trinajstić information content (AvgIpc) is 3.02. The van der Waals surface area contributed by atoms with Crippen molar-refractivity contribution in [2.45, 2.75) is 58.2 Å². The molecule has 1 fully saturated rings. The monoisotopic (exact) mass is 357 g/mol. The summed E-state index contributed by atoms with van der Waals surface area (Å²) in [5.74, 6) is -0.456. The van der Waals surface area contributed by atoms with E-state index in [-0.39, 0.29) is 17.6 Å². The number of rotatable bonds is 4. The molecule has 1 aromatic carbocycles. The normalized spacial score (nSPS) is 24.5. The molecule has 3 rings (SSSR count). The maximum absolute atomic E-state index is 12.9. The van der Waals surface area contributed by atoms with Crippen molar-refractivity contribution in [3.63, 3.8) is 0 Å². The van der Waals surface area contributed by atoms with Crippen molar-refractivity contribution in [2.75, 3.05) is 7.11 Å². The van der Waals surface area contributed by atoms with Crippen LogP contribution in [0.5, 0.6) is 0 Å². The summed E-state index contributed by atoms with van der Waals surface area (Å²) in [6, 6.07) is 6.91. The zero-order valence-corrected chi connectivity index (χ0v) is 16.3. The van der Waals surface area contributed by atoms with Crippen LogP contribution in [0.4, 0.5) is 4.79 Å². The molecule has 0 bridgehead atoms. The summed E-state index contributed by atoms with van der Waals surface area (Å²) in [4.78, 5) is 27.2. The molecule has 3 atom stereocenters. The number of methoxy groups -OCH3 is 1. The number of hydrogen-bond acceptors (Lipinski definition) is 4. The first-order valence-electron chi connectivity index (χ1n) is 8.87. The van der Waals surface area contributed by atoms with Gasteiger partial charge in [-0.2, -0.15) is 0 Å². The molecular weight excluding hydrogens is 330 g/mol. The van der Waals surface area contributed by atoms with Crippen LogP contribution in [0.3, 0.4) is 0 Å². The summed E-state index contributed by atoms with van der Waals surface area (Å²) in [6.07, 6.45) is -0.867. The minimum atomic E-state index is -0.805. The van der Waals surface area contributed by atoms with E-state index in [1.54, 1.807) is 4.90 Å². The van der Waals surface area contributed by atoms with E-state index in [0.717, 1.165) is 16.7 Å². The highest BCUT2D eigenvalue weighted by Gasteiger charge is 2.61. The molecule has 1 heterocycles. The van der Waals surface area contributed by atoms with E-state index < -0.39 is 23.5 Å². The minimum absolute atomic E-state index is 0.282. The predicted octanol–water partition coefficient (Wildman–Crippen LogP) is 3.98. The van der Waals surface area contributed by atoms with Crippen molar-refractivity contribution < 1.29 is 19.1 Å². The Balaban J connectivity index is 2.14. The number of ether oxygens (including phenoxy) is 2. The zero-order chi connectivity index (χ0) is 19.4. The van der Waals surface area contributed by atoms with Crippen LogP contribution in [0.2, 0.25) is 0 Å². The highest BCUT2D eigenvalue weighted by atomic mass is 16.6. The van der Waals surface area contributed by atoms with Crippen LogP contribution < -0.4 is 0 Å². The molecule has 0 saturated carbocycles. The van der Waals surface area contributed by atoms with E-state index in [1.807, 2.05) is 39.0 Å². The lowest BCUT2D eigenvalue weighted by Gasteiger charge is -2.43. The van der Waals surface area contributed by atoms with Gasteiger partial charge in [0.25, 0.3) is 0 Å². The first-order chi connectivity index (χ1) is 12.0. The number of nitrogens with zero attached hydrogens (tertiary/aromatic N) is 1. The van der Waals surface area contributed by atoms with Crippen LogP contribution in [-0.4, -0.2) is 36.2 Å². The van der Waals surface area contributed by atoms with Gasteiger partial charge in [0.15, 0.2) is 6.10 Å². The summed E-state index contributed by atoms with van der Waals surface area (Å²) < 4.78 is 10.8. The molecule has 0 unspecified atom stereocenters. The van der Waals surface area contributed by atoms with E-state index in [9.17, 15) is 9.59 Å². The van der Waals surface area contributed by atoms with Crippen LogP contribution in [0.25, 0.3) is 0 Å². The Morgan fingerprint density at radius 3 is 2.54 bits per heavy atom. The molecule has 1 amide bonds. The molecule has 1 aliphatic heterocycles. The Hall–Kier alpha value is -2.30. The molecular formula is C21H27NO4. The lowest BCUT2D eigenvalue weighted by Crippen LogP contribution is -2.58. The van der Waals surface area contributed by atoms with Crippen LogP contribution in [0.15, 0.2) is 36.4 Å². The largest absolute Gasteiger partial charge is 0.467 e. The van der Waals surface area contributed by atoms with Crippen LogP contribution in [0, 0.1) is 5.41 Å². The third kappa shape index (κ3) is 2.37. The smallest absolute Gasteiger partial charge is 0.411 e. The van der Waals surface area contributed by atoms with Crippen LogP contribution >= 0.6 is 0 Å². The van der Waals surface area contributed by atoms with Crippen molar-refractivity contribution >= 4 is 12.1 Å². The quantitative estimate of drug-likeness (QED) is 0.604. The van der Waals surface area contributed by atoms with E-state index in [0.29, 0.717) is 0 Å². The SMILES string of the molecule is C=C(C)C(C)(C)[C@H](C(=O)OC)N1C(=O)O[C@@H]2c3ccccc3C(C)(C)[C@@H]21. The van der Waals surface area contributed by atoms with E-state index in [1.165, 1.54) is 7.11 Å². The average molecular weight is 357 g/mol. The number of fused-ring (bicyclic) bond motifs is 3. The van der Waals surface area contributed by atoms with Gasteiger partial charge in [0, 0.05) is 10.8 Å². The number of benzene rings is 1. The zero-order valence-electron chi connectivity index (χ0n) is 16.3. The van der Waals surface area contributed by atoms with Gasteiger partial charge in [0.05, 0.1) is 13.2 Å². The van der Waals surface area contributed by atoms with Gasteiger partial charge in [-0.1, -0.05) is 64.1 Å². The number of esters is 1. The van der Waals surface area contributed by atoms with E-state index >= 15 is 0 Å². The van der Waals surface area contributed by atoms with Gasteiger partial charge in [0.1, 0.15) is 6.04 Å². The van der Waals surface area contributed by atoms with Crippen LogP contribution in [0.1, 0.15) is 51.8 Å². The van der Waals surface area contributed by atoms with Gasteiger partial charge in [-0.25, -0.2) is 9.59 Å². The summed E-state index contributed by atoms with van der Waals surface area (Å²) in [7, 11) is 1.34. The first-order valence-corrected chi connectivity index (χ1v) is 8.87. The molecule has 140 valence electrons. The number of carbonyl (C=O) groups is 2. The molecule has 0 radical (unpaired) electrons. The van der Waals surface area contributed by atoms with Crippen molar-refractivity contribution in [1.82, 2.24) is 4.90 Å². The van der Waals surface area contributed by atoms with Crippen LogP contribution in [-0.2, 0) is 19.7 Å². The van der Waals surface area contributed by atoms with Gasteiger partial charge in [-0.3, -0.25) is 4.90 Å². The number of amides is 1. The van der Waals surface area contributed by atoms with Gasteiger partial charge >= 0.3 is 12.1 Å². The summed E-state index contributed by atoms with van der Waals surface area (Å²) in [5.41, 5.74) is 1.94. The first kappa shape index (κ1) is 18.5. The topological polar surface area (TPSA) is 55.8 Å². The molecule has 1 aliphatic carbocycles. The standard InChI is InChI=1S/C21H27NO4/c1-12(2)20(3,4)17(18(23)25-7)22-16-15(26-19(22)24)13-10-8-9-11-14(13)21(16,5)6/h8-11,15-17H,1H2,2-7H3/t15-,16-,17+/m1/s1. The maximum atomic E-state index is 12.9. The lowest BCUT2D eigenvalue weighted by molar-refractivity contribution is -0.150. The van der Waals surface area contributed by atoms with Crippen molar-refractivity contribution in [3.05, 3.63) is 47.5 Å². The second-order valence-electron chi connectivity index (χ2n) is 8.39. The third-order valence-electron chi connectivity index (χ3n) is 6.21.